The molecule has 0 fully saturated rings. The molecule has 0 N–H and O–H groups in total. The Morgan fingerprint density at radius 1 is 1.10 bits per heavy atom. The third kappa shape index (κ3) is 3.68. The van der Waals surface area contributed by atoms with Crippen LogP contribution in [0, 0.1) is 19.8 Å². The largest absolute Gasteiger partial charge is 0.481 e. The summed E-state index contributed by atoms with van der Waals surface area (Å²) >= 11 is 5.72. The maximum Gasteiger partial charge on any atom is 0.256 e. The molecule has 2 aromatic carbocycles. The molecule has 0 radical (unpaired) electrons. The molecule has 0 aliphatic heterocycles. The highest BCUT2D eigenvalue weighted by molar-refractivity contribution is 6.29. The highest BCUT2D eigenvalue weighted by Crippen LogP contribution is 2.33. The van der Waals surface area contributed by atoms with Gasteiger partial charge in [0.25, 0.3) is 5.95 Å². The number of hydrogen-bond donors (Lipinski definition) is 0. The summed E-state index contributed by atoms with van der Waals surface area (Å²) in [5.74, 6) is -0.322. The second kappa shape index (κ2) is 7.92. The van der Waals surface area contributed by atoms with Crippen molar-refractivity contribution < 1.29 is 13.5 Å². The highest BCUT2D eigenvalue weighted by Gasteiger charge is 2.20. The van der Waals surface area contributed by atoms with E-state index in [0.717, 1.165) is 11.1 Å². The Labute approximate surface area is 177 Å². The van der Waals surface area contributed by atoms with E-state index >= 15 is 0 Å². The molecule has 0 spiro atoms. The fourth-order valence-electron chi connectivity index (χ4n) is 3.48. The number of benzene rings is 2. The number of rotatable bonds is 4. The van der Waals surface area contributed by atoms with Gasteiger partial charge in [-0.2, -0.15) is 4.39 Å². The van der Waals surface area contributed by atoms with Crippen LogP contribution in [0.2, 0.25) is 5.15 Å². The van der Waals surface area contributed by atoms with Crippen LogP contribution >= 0.6 is 11.6 Å². The zero-order chi connectivity index (χ0) is 21.4. The first-order valence-electron chi connectivity index (χ1n) is 9.47. The molecule has 2 aromatic heterocycles. The summed E-state index contributed by atoms with van der Waals surface area (Å²) in [7, 11) is 0. The van der Waals surface area contributed by atoms with Gasteiger partial charge in [-0.05, 0) is 50.6 Å². The number of aryl methyl sites for hydroxylation is 1. The second-order valence-electron chi connectivity index (χ2n) is 7.17. The molecular formula is C24H19ClFNO3. The van der Waals surface area contributed by atoms with Gasteiger partial charge in [-0.15, -0.1) is 0 Å². The molecule has 0 amide bonds. The van der Waals surface area contributed by atoms with Gasteiger partial charge in [0.2, 0.25) is 0 Å². The van der Waals surface area contributed by atoms with Gasteiger partial charge in [0.15, 0.2) is 11.2 Å². The van der Waals surface area contributed by atoms with E-state index in [4.69, 9.17) is 20.8 Å². The lowest BCUT2D eigenvalue weighted by Crippen LogP contribution is -2.11. The van der Waals surface area contributed by atoms with Crippen molar-refractivity contribution >= 4 is 22.6 Å². The average molecular weight is 424 g/mol. The van der Waals surface area contributed by atoms with E-state index in [0.29, 0.717) is 27.9 Å². The molecule has 4 nitrogen and oxygen atoms in total. The molecule has 0 saturated heterocycles. The lowest BCUT2D eigenvalue weighted by Gasteiger charge is -2.18. The van der Waals surface area contributed by atoms with Gasteiger partial charge in [-0.3, -0.25) is 4.79 Å². The van der Waals surface area contributed by atoms with E-state index < -0.39 is 12.1 Å². The van der Waals surface area contributed by atoms with Gasteiger partial charge in [0.05, 0.1) is 5.39 Å². The van der Waals surface area contributed by atoms with Crippen molar-refractivity contribution in [3.05, 3.63) is 92.6 Å². The number of fused-ring (bicyclic) bond motifs is 1. The third-order valence-electron chi connectivity index (χ3n) is 4.95. The molecule has 0 aliphatic carbocycles. The summed E-state index contributed by atoms with van der Waals surface area (Å²) in [5, 5.41) is 0.509. The lowest BCUT2D eigenvalue weighted by atomic mass is 10.00. The molecule has 4 rings (SSSR count). The van der Waals surface area contributed by atoms with Crippen molar-refractivity contribution in [1.29, 1.82) is 0 Å². The van der Waals surface area contributed by atoms with Crippen LogP contribution in [-0.2, 0) is 0 Å². The Morgan fingerprint density at radius 3 is 2.53 bits per heavy atom. The van der Waals surface area contributed by atoms with Crippen LogP contribution in [0.15, 0.2) is 63.8 Å². The summed E-state index contributed by atoms with van der Waals surface area (Å²) in [6, 6.07) is 16.0. The van der Waals surface area contributed by atoms with Crippen molar-refractivity contribution in [1.82, 2.24) is 4.98 Å². The first-order valence-corrected chi connectivity index (χ1v) is 9.85. The molecule has 0 aliphatic rings. The van der Waals surface area contributed by atoms with E-state index in [1.165, 1.54) is 12.1 Å². The van der Waals surface area contributed by atoms with Crippen molar-refractivity contribution in [2.75, 3.05) is 0 Å². The van der Waals surface area contributed by atoms with E-state index in [1.54, 1.807) is 19.9 Å². The number of halogens is 2. The fraction of sp³-hybridized carbons (Fsp3) is 0.167. The van der Waals surface area contributed by atoms with Crippen LogP contribution in [-0.4, -0.2) is 4.98 Å². The zero-order valence-electron chi connectivity index (χ0n) is 16.7. The van der Waals surface area contributed by atoms with Crippen LogP contribution in [0.5, 0.6) is 5.75 Å². The Kier molecular flexibility index (Phi) is 5.31. The molecule has 152 valence electrons. The number of hydrogen-bond acceptors (Lipinski definition) is 4. The summed E-state index contributed by atoms with van der Waals surface area (Å²) in [5.41, 5.74) is 3.18. The zero-order valence-corrected chi connectivity index (χ0v) is 17.5. The van der Waals surface area contributed by atoms with Crippen LogP contribution in [0.4, 0.5) is 4.39 Å². The van der Waals surface area contributed by atoms with Crippen LogP contribution in [0.25, 0.3) is 22.3 Å². The molecule has 1 atom stereocenters. The van der Waals surface area contributed by atoms with Crippen LogP contribution in [0.3, 0.4) is 0 Å². The SMILES string of the molecule is Cc1cc([C@@H](C)Oc2ccc(Cl)nc2F)c2oc(-c3ccccc3)c(C)c(=O)c2c1. The first kappa shape index (κ1) is 20.1. The van der Waals surface area contributed by atoms with Gasteiger partial charge in [-0.1, -0.05) is 41.9 Å². The van der Waals surface area contributed by atoms with Gasteiger partial charge < -0.3 is 9.15 Å². The molecule has 0 unspecified atom stereocenters. The molecule has 2 heterocycles. The summed E-state index contributed by atoms with van der Waals surface area (Å²) in [4.78, 5) is 16.7. The summed E-state index contributed by atoms with van der Waals surface area (Å²) < 4.78 is 26.2. The molecule has 30 heavy (non-hydrogen) atoms. The Bertz CT molecular complexity index is 1300. The Morgan fingerprint density at radius 2 is 1.83 bits per heavy atom. The van der Waals surface area contributed by atoms with Crippen molar-refractivity contribution in [3.8, 4) is 17.1 Å². The van der Waals surface area contributed by atoms with E-state index in [1.807, 2.05) is 43.3 Å². The third-order valence-corrected chi connectivity index (χ3v) is 5.16. The Balaban J connectivity index is 1.89. The molecule has 4 aromatic rings. The van der Waals surface area contributed by atoms with Gasteiger partial charge >= 0.3 is 0 Å². The average Bonchev–Trinajstić information content (AvgIpc) is 2.73. The molecule has 0 saturated carbocycles. The fourth-order valence-corrected chi connectivity index (χ4v) is 3.61. The van der Waals surface area contributed by atoms with Crippen LogP contribution < -0.4 is 10.2 Å². The monoisotopic (exact) mass is 423 g/mol. The van der Waals surface area contributed by atoms with Crippen molar-refractivity contribution in [2.24, 2.45) is 0 Å². The lowest BCUT2D eigenvalue weighted by molar-refractivity contribution is 0.213. The van der Waals surface area contributed by atoms with E-state index in [9.17, 15) is 9.18 Å². The summed E-state index contributed by atoms with van der Waals surface area (Å²) in [6.07, 6.45) is -0.598. The predicted octanol–water partition coefficient (Wildman–Crippen LogP) is 6.40. The number of ether oxygens (including phenoxy) is 1. The normalized spacial score (nSPS) is 12.2. The van der Waals surface area contributed by atoms with Gasteiger partial charge in [0.1, 0.15) is 22.6 Å². The standard InChI is InChI=1S/C24H19ClFNO3/c1-13-11-17(15(3)29-19-9-10-20(25)27-24(19)26)23-18(12-13)21(28)14(2)22(30-23)16-7-5-4-6-8-16/h4-12,15H,1-3H3/t15-/m1/s1. The minimum atomic E-state index is -0.798. The highest BCUT2D eigenvalue weighted by atomic mass is 35.5. The minimum absolute atomic E-state index is 0.0284. The maximum absolute atomic E-state index is 14.1. The van der Waals surface area contributed by atoms with E-state index in [-0.39, 0.29) is 16.3 Å². The van der Waals surface area contributed by atoms with Gasteiger partial charge in [0, 0.05) is 16.7 Å². The second-order valence-corrected chi connectivity index (χ2v) is 7.55. The summed E-state index contributed by atoms with van der Waals surface area (Å²) in [6.45, 7) is 5.41. The number of pyridine rings is 1. The predicted molar refractivity (Wildman–Crippen MR) is 116 cm³/mol. The Hall–Kier alpha value is -3.18. The van der Waals surface area contributed by atoms with E-state index in [2.05, 4.69) is 4.98 Å². The van der Waals surface area contributed by atoms with Crippen molar-refractivity contribution in [3.63, 3.8) is 0 Å². The first-order chi connectivity index (χ1) is 14.3. The number of aromatic nitrogens is 1. The quantitative estimate of drug-likeness (QED) is 0.356. The smallest absolute Gasteiger partial charge is 0.256 e. The molecular weight excluding hydrogens is 405 g/mol. The number of nitrogens with zero attached hydrogens (tertiary/aromatic N) is 1. The maximum atomic E-state index is 14.1. The minimum Gasteiger partial charge on any atom is -0.481 e. The van der Waals surface area contributed by atoms with Crippen molar-refractivity contribution in [2.45, 2.75) is 26.9 Å². The van der Waals surface area contributed by atoms with Crippen LogP contribution in [0.1, 0.15) is 29.7 Å². The molecule has 0 bridgehead atoms. The van der Waals surface area contributed by atoms with Gasteiger partial charge in [-0.25, -0.2) is 4.98 Å². The molecule has 6 heteroatoms. The topological polar surface area (TPSA) is 52.3 Å².